The number of tetrazole rings is 1. The van der Waals surface area contributed by atoms with Crippen LogP contribution >= 0.6 is 0 Å². The number of benzene rings is 1. The Balaban J connectivity index is 2.01. The molecule has 2 rings (SSSR count). The molecule has 0 saturated heterocycles. The van der Waals surface area contributed by atoms with Crippen molar-refractivity contribution in [1.29, 1.82) is 0 Å². The Labute approximate surface area is 114 Å². The fraction of sp³-hybridized carbons (Fsp3) is 0.500. The standard InChI is InChI=1S/C14H21N5/c1-11(2)8-15-9-14-16-17-18-19(14)10-13-7-5-4-6-12(13)3/h4-7,11,15H,8-10H2,1-3H3. The summed E-state index contributed by atoms with van der Waals surface area (Å²) in [5, 5.41) is 15.3. The highest BCUT2D eigenvalue weighted by atomic mass is 15.5. The van der Waals surface area contributed by atoms with Gasteiger partial charge in [-0.15, -0.1) is 5.10 Å². The highest BCUT2D eigenvalue weighted by Gasteiger charge is 2.07. The molecular formula is C14H21N5. The van der Waals surface area contributed by atoms with E-state index in [0.717, 1.165) is 18.9 Å². The maximum Gasteiger partial charge on any atom is 0.165 e. The first-order chi connectivity index (χ1) is 9.16. The molecule has 0 radical (unpaired) electrons. The van der Waals surface area contributed by atoms with Gasteiger partial charge in [0.25, 0.3) is 0 Å². The molecule has 0 aliphatic heterocycles. The molecule has 0 saturated carbocycles. The molecule has 102 valence electrons. The Morgan fingerprint density at radius 3 is 2.79 bits per heavy atom. The van der Waals surface area contributed by atoms with Crippen LogP contribution in [-0.4, -0.2) is 26.8 Å². The molecule has 0 spiro atoms. The van der Waals surface area contributed by atoms with Crippen LogP contribution in [0.4, 0.5) is 0 Å². The average Bonchev–Trinajstić information content (AvgIpc) is 2.79. The highest BCUT2D eigenvalue weighted by Crippen LogP contribution is 2.09. The SMILES string of the molecule is Cc1ccccc1Cn1nnnc1CNCC(C)C. The maximum atomic E-state index is 4.08. The van der Waals surface area contributed by atoms with Gasteiger partial charge in [-0.3, -0.25) is 0 Å². The zero-order valence-electron chi connectivity index (χ0n) is 11.8. The molecule has 1 heterocycles. The number of aryl methyl sites for hydroxylation is 1. The molecule has 0 aliphatic carbocycles. The molecule has 1 N–H and O–H groups in total. The van der Waals surface area contributed by atoms with Crippen LogP contribution in [0.5, 0.6) is 0 Å². The number of rotatable bonds is 6. The summed E-state index contributed by atoms with van der Waals surface area (Å²) in [5.41, 5.74) is 2.51. The second-order valence-corrected chi connectivity index (χ2v) is 5.20. The third-order valence-electron chi connectivity index (χ3n) is 3.02. The predicted octanol–water partition coefficient (Wildman–Crippen LogP) is 1.78. The van der Waals surface area contributed by atoms with Gasteiger partial charge >= 0.3 is 0 Å². The molecule has 0 atom stereocenters. The number of hydrogen-bond donors (Lipinski definition) is 1. The lowest BCUT2D eigenvalue weighted by Crippen LogP contribution is -2.22. The largest absolute Gasteiger partial charge is 0.310 e. The molecule has 2 aromatic rings. The molecule has 0 bridgehead atoms. The Morgan fingerprint density at radius 1 is 1.26 bits per heavy atom. The minimum Gasteiger partial charge on any atom is -0.310 e. The molecule has 5 nitrogen and oxygen atoms in total. The van der Waals surface area contributed by atoms with Crippen LogP contribution in [0.2, 0.25) is 0 Å². The van der Waals surface area contributed by atoms with Gasteiger partial charge in [0.2, 0.25) is 0 Å². The monoisotopic (exact) mass is 259 g/mol. The quantitative estimate of drug-likeness (QED) is 0.859. The van der Waals surface area contributed by atoms with Crippen LogP contribution in [0, 0.1) is 12.8 Å². The van der Waals surface area contributed by atoms with Crippen LogP contribution in [-0.2, 0) is 13.1 Å². The fourth-order valence-electron chi connectivity index (χ4n) is 1.89. The molecule has 0 aliphatic rings. The minimum absolute atomic E-state index is 0.626. The van der Waals surface area contributed by atoms with Crippen molar-refractivity contribution in [3.63, 3.8) is 0 Å². The minimum atomic E-state index is 0.626. The maximum absolute atomic E-state index is 4.08. The smallest absolute Gasteiger partial charge is 0.165 e. The Morgan fingerprint density at radius 2 is 2.05 bits per heavy atom. The predicted molar refractivity (Wildman–Crippen MR) is 74.6 cm³/mol. The van der Waals surface area contributed by atoms with Crippen LogP contribution < -0.4 is 5.32 Å². The molecular weight excluding hydrogens is 238 g/mol. The Hall–Kier alpha value is -1.75. The van der Waals surface area contributed by atoms with Crippen LogP contribution in [0.3, 0.4) is 0 Å². The molecule has 1 aromatic carbocycles. The van der Waals surface area contributed by atoms with E-state index in [-0.39, 0.29) is 0 Å². The summed E-state index contributed by atoms with van der Waals surface area (Å²) in [6.45, 7) is 8.87. The van der Waals surface area contributed by atoms with E-state index in [0.29, 0.717) is 12.5 Å². The summed E-state index contributed by atoms with van der Waals surface area (Å²) < 4.78 is 1.86. The number of nitrogens with zero attached hydrogens (tertiary/aromatic N) is 4. The van der Waals surface area contributed by atoms with Gasteiger partial charge in [0.1, 0.15) is 0 Å². The first kappa shape index (κ1) is 13.7. The van der Waals surface area contributed by atoms with Crippen LogP contribution in [0.1, 0.15) is 30.8 Å². The molecule has 1 aromatic heterocycles. The third-order valence-corrected chi connectivity index (χ3v) is 3.02. The van der Waals surface area contributed by atoms with Crippen molar-refractivity contribution in [3.8, 4) is 0 Å². The van der Waals surface area contributed by atoms with Gasteiger partial charge in [0.05, 0.1) is 13.1 Å². The second-order valence-electron chi connectivity index (χ2n) is 5.20. The van der Waals surface area contributed by atoms with Gasteiger partial charge in [-0.2, -0.15) is 0 Å². The zero-order chi connectivity index (χ0) is 13.7. The summed E-state index contributed by atoms with van der Waals surface area (Å²) in [4.78, 5) is 0. The van der Waals surface area contributed by atoms with Crippen molar-refractivity contribution < 1.29 is 0 Å². The van der Waals surface area contributed by atoms with Crippen molar-refractivity contribution in [3.05, 3.63) is 41.2 Å². The fourth-order valence-corrected chi connectivity index (χ4v) is 1.89. The zero-order valence-corrected chi connectivity index (χ0v) is 11.8. The van der Waals surface area contributed by atoms with E-state index < -0.39 is 0 Å². The third kappa shape index (κ3) is 3.86. The second kappa shape index (κ2) is 6.43. The lowest BCUT2D eigenvalue weighted by Gasteiger charge is -2.09. The van der Waals surface area contributed by atoms with Gasteiger partial charge in [0.15, 0.2) is 5.82 Å². The summed E-state index contributed by atoms with van der Waals surface area (Å²) in [5.74, 6) is 1.50. The normalized spacial score (nSPS) is 11.2. The molecule has 5 heteroatoms. The van der Waals surface area contributed by atoms with Crippen molar-refractivity contribution in [2.45, 2.75) is 33.9 Å². The van der Waals surface area contributed by atoms with Crippen molar-refractivity contribution in [2.24, 2.45) is 5.92 Å². The number of nitrogens with one attached hydrogen (secondary N) is 1. The highest BCUT2D eigenvalue weighted by molar-refractivity contribution is 5.25. The molecule has 0 amide bonds. The van der Waals surface area contributed by atoms with Gasteiger partial charge in [-0.05, 0) is 40.9 Å². The topological polar surface area (TPSA) is 55.6 Å². The lowest BCUT2D eigenvalue weighted by molar-refractivity contribution is 0.522. The average molecular weight is 259 g/mol. The van der Waals surface area contributed by atoms with E-state index in [1.165, 1.54) is 11.1 Å². The molecule has 0 fully saturated rings. The lowest BCUT2D eigenvalue weighted by atomic mass is 10.1. The van der Waals surface area contributed by atoms with E-state index in [2.05, 4.69) is 53.7 Å². The van der Waals surface area contributed by atoms with Gasteiger partial charge in [-0.1, -0.05) is 38.1 Å². The first-order valence-corrected chi connectivity index (χ1v) is 6.67. The molecule has 19 heavy (non-hydrogen) atoms. The van der Waals surface area contributed by atoms with Crippen LogP contribution in [0.25, 0.3) is 0 Å². The summed E-state index contributed by atoms with van der Waals surface area (Å²) >= 11 is 0. The summed E-state index contributed by atoms with van der Waals surface area (Å²) in [6, 6.07) is 8.31. The first-order valence-electron chi connectivity index (χ1n) is 6.67. The van der Waals surface area contributed by atoms with Crippen molar-refractivity contribution in [2.75, 3.05) is 6.54 Å². The van der Waals surface area contributed by atoms with E-state index in [4.69, 9.17) is 0 Å². The van der Waals surface area contributed by atoms with E-state index in [1.54, 1.807) is 0 Å². The van der Waals surface area contributed by atoms with E-state index in [1.807, 2.05) is 16.8 Å². The van der Waals surface area contributed by atoms with Crippen molar-refractivity contribution in [1.82, 2.24) is 25.5 Å². The van der Waals surface area contributed by atoms with Crippen LogP contribution in [0.15, 0.2) is 24.3 Å². The number of aromatic nitrogens is 4. The Bertz CT molecular complexity index is 518. The van der Waals surface area contributed by atoms with Crippen molar-refractivity contribution >= 4 is 0 Å². The van der Waals surface area contributed by atoms with E-state index >= 15 is 0 Å². The summed E-state index contributed by atoms with van der Waals surface area (Å²) in [6.07, 6.45) is 0. The van der Waals surface area contributed by atoms with Gasteiger partial charge in [-0.25, -0.2) is 4.68 Å². The number of hydrogen-bond acceptors (Lipinski definition) is 4. The van der Waals surface area contributed by atoms with Gasteiger partial charge in [0, 0.05) is 0 Å². The Kier molecular flexibility index (Phi) is 4.63. The van der Waals surface area contributed by atoms with Gasteiger partial charge < -0.3 is 5.32 Å². The van der Waals surface area contributed by atoms with E-state index in [9.17, 15) is 0 Å². The molecule has 0 unspecified atom stereocenters. The summed E-state index contributed by atoms with van der Waals surface area (Å²) in [7, 11) is 0.